The van der Waals surface area contributed by atoms with Crippen LogP contribution in [-0.4, -0.2) is 43.3 Å². The fraction of sp³-hybridized carbons (Fsp3) is 0.583. The van der Waals surface area contributed by atoms with Gasteiger partial charge in [-0.15, -0.1) is 0 Å². The molecule has 0 amide bonds. The number of ether oxygens (including phenoxy) is 1. The number of nitrogens with zero attached hydrogens (tertiary/aromatic N) is 1. The van der Waals surface area contributed by atoms with Gasteiger partial charge < -0.3 is 14.4 Å². The molecule has 2 atom stereocenters. The summed E-state index contributed by atoms with van der Waals surface area (Å²) in [5.41, 5.74) is 0.675. The van der Waals surface area contributed by atoms with Gasteiger partial charge in [-0.3, -0.25) is 0 Å². The van der Waals surface area contributed by atoms with Crippen LogP contribution in [0.1, 0.15) is 29.4 Å². The van der Waals surface area contributed by atoms with E-state index in [0.29, 0.717) is 18.4 Å². The molecule has 0 spiro atoms. The molecule has 0 unspecified atom stereocenters. The van der Waals surface area contributed by atoms with Gasteiger partial charge in [0.2, 0.25) is 10.0 Å². The molecule has 7 nitrogen and oxygen atoms in total. The van der Waals surface area contributed by atoms with Gasteiger partial charge in [0, 0.05) is 24.8 Å². The molecule has 0 aromatic carbocycles. The predicted molar refractivity (Wildman–Crippen MR) is 70.9 cm³/mol. The van der Waals surface area contributed by atoms with E-state index < -0.39 is 28.1 Å². The lowest BCUT2D eigenvalue weighted by molar-refractivity contribution is 0.0588. The first-order valence-electron chi connectivity index (χ1n) is 6.25. The van der Waals surface area contributed by atoms with E-state index in [1.54, 1.807) is 7.05 Å². The van der Waals surface area contributed by atoms with Gasteiger partial charge in [-0.1, -0.05) is 0 Å². The molecular weight excluding hydrogens is 284 g/mol. The number of carbonyl (C=O) groups excluding carboxylic acids is 1. The summed E-state index contributed by atoms with van der Waals surface area (Å²) in [6, 6.07) is -0.566. The third-order valence-electron chi connectivity index (χ3n) is 3.51. The fourth-order valence-corrected chi connectivity index (χ4v) is 4.11. The fourth-order valence-electron chi connectivity index (χ4n) is 2.45. The number of fused-ring (bicyclic) bond motifs is 1. The highest BCUT2D eigenvalue weighted by Gasteiger charge is 2.34. The largest absolute Gasteiger partial charge is 0.464 e. The number of aliphatic hydroxyl groups excluding tert-OH is 1. The molecule has 0 bridgehead atoms. The highest BCUT2D eigenvalue weighted by Crippen LogP contribution is 2.28. The average Bonchev–Trinajstić information content (AvgIpc) is 2.64. The van der Waals surface area contributed by atoms with Crippen molar-refractivity contribution in [2.24, 2.45) is 7.05 Å². The van der Waals surface area contributed by atoms with Gasteiger partial charge in [0.1, 0.15) is 10.6 Å². The average molecular weight is 302 g/mol. The number of methoxy groups -OCH3 is 1. The number of aryl methyl sites for hydroxylation is 1. The molecule has 2 heterocycles. The molecule has 1 aromatic heterocycles. The maximum Gasteiger partial charge on any atom is 0.354 e. The molecule has 20 heavy (non-hydrogen) atoms. The van der Waals surface area contributed by atoms with Crippen molar-refractivity contribution in [1.29, 1.82) is 0 Å². The standard InChI is InChI=1S/C12H18N2O5S/c1-7(15)9-5-4-8-10(20(17,18)13-9)6-14(2)11(8)12(16)19-3/h6-7,9,13,15H,4-5H2,1-3H3/t7-,9+/m0/s1. The Labute approximate surface area is 117 Å². The molecule has 2 rings (SSSR count). The Morgan fingerprint density at radius 1 is 1.60 bits per heavy atom. The smallest absolute Gasteiger partial charge is 0.354 e. The molecule has 112 valence electrons. The number of rotatable bonds is 2. The minimum atomic E-state index is -3.75. The van der Waals surface area contributed by atoms with E-state index in [2.05, 4.69) is 4.72 Å². The molecule has 0 saturated carbocycles. The molecule has 0 saturated heterocycles. The SMILES string of the molecule is COC(=O)c1c2c(cn1C)S(=O)(=O)N[C@@H]([C@H](C)O)CC2. The highest BCUT2D eigenvalue weighted by atomic mass is 32.2. The number of sulfonamides is 1. The van der Waals surface area contributed by atoms with Gasteiger partial charge in [0.05, 0.1) is 13.2 Å². The molecule has 2 N–H and O–H groups in total. The first kappa shape index (κ1) is 15.0. The molecule has 1 aliphatic rings. The maximum absolute atomic E-state index is 12.3. The molecule has 8 heteroatoms. The summed E-state index contributed by atoms with van der Waals surface area (Å²) in [4.78, 5) is 11.9. The second kappa shape index (κ2) is 5.19. The quantitative estimate of drug-likeness (QED) is 0.736. The van der Waals surface area contributed by atoms with Crippen molar-refractivity contribution < 1.29 is 23.1 Å². The Kier molecular flexibility index (Phi) is 3.90. The second-order valence-electron chi connectivity index (χ2n) is 4.93. The summed E-state index contributed by atoms with van der Waals surface area (Å²) in [5.74, 6) is -0.570. The topological polar surface area (TPSA) is 97.6 Å². The summed E-state index contributed by atoms with van der Waals surface area (Å²) in [6.45, 7) is 1.53. The van der Waals surface area contributed by atoms with Crippen LogP contribution in [0.3, 0.4) is 0 Å². The van der Waals surface area contributed by atoms with Gasteiger partial charge in [-0.05, 0) is 19.8 Å². The molecule has 0 fully saturated rings. The summed E-state index contributed by atoms with van der Waals surface area (Å²) in [7, 11) is -0.901. The van der Waals surface area contributed by atoms with Gasteiger partial charge in [0.15, 0.2) is 0 Å². The van der Waals surface area contributed by atoms with E-state index in [1.165, 1.54) is 24.8 Å². The summed E-state index contributed by atoms with van der Waals surface area (Å²) >= 11 is 0. The van der Waals surface area contributed by atoms with Crippen molar-refractivity contribution in [1.82, 2.24) is 9.29 Å². The highest BCUT2D eigenvalue weighted by molar-refractivity contribution is 7.89. The van der Waals surface area contributed by atoms with Crippen LogP contribution >= 0.6 is 0 Å². The minimum absolute atomic E-state index is 0.0727. The van der Waals surface area contributed by atoms with Crippen molar-refractivity contribution in [3.63, 3.8) is 0 Å². The number of carbonyl (C=O) groups is 1. The van der Waals surface area contributed by atoms with E-state index in [1.807, 2.05) is 0 Å². The normalized spacial score (nSPS) is 22.7. The van der Waals surface area contributed by atoms with Crippen LogP contribution in [-0.2, 0) is 28.2 Å². The number of hydrogen-bond acceptors (Lipinski definition) is 5. The van der Waals surface area contributed by atoms with Crippen LogP contribution in [0.15, 0.2) is 11.1 Å². The number of nitrogens with one attached hydrogen (secondary N) is 1. The zero-order chi connectivity index (χ0) is 15.1. The van der Waals surface area contributed by atoms with Crippen LogP contribution in [0.25, 0.3) is 0 Å². The van der Waals surface area contributed by atoms with Crippen LogP contribution in [0.2, 0.25) is 0 Å². The summed E-state index contributed by atoms with van der Waals surface area (Å²) < 4.78 is 33.2. The van der Waals surface area contributed by atoms with Crippen LogP contribution in [0, 0.1) is 0 Å². The van der Waals surface area contributed by atoms with Gasteiger partial charge in [0.25, 0.3) is 0 Å². The number of aromatic nitrogens is 1. The Hall–Kier alpha value is -1.38. The van der Waals surface area contributed by atoms with E-state index >= 15 is 0 Å². The number of esters is 1. The molecular formula is C12H18N2O5S. The lowest BCUT2D eigenvalue weighted by Crippen LogP contribution is -2.40. The van der Waals surface area contributed by atoms with Crippen molar-refractivity contribution in [2.45, 2.75) is 36.8 Å². The summed E-state index contributed by atoms with van der Waals surface area (Å²) in [6.07, 6.45) is 1.39. The van der Waals surface area contributed by atoms with Crippen LogP contribution < -0.4 is 4.72 Å². The van der Waals surface area contributed by atoms with Gasteiger partial charge in [-0.25, -0.2) is 17.9 Å². The second-order valence-corrected chi connectivity index (χ2v) is 6.61. The molecule has 1 aliphatic heterocycles. The maximum atomic E-state index is 12.3. The van der Waals surface area contributed by atoms with Gasteiger partial charge in [-0.2, -0.15) is 0 Å². The lowest BCUT2D eigenvalue weighted by Gasteiger charge is -2.18. The van der Waals surface area contributed by atoms with Crippen molar-refractivity contribution in [3.05, 3.63) is 17.5 Å². The van der Waals surface area contributed by atoms with E-state index in [9.17, 15) is 18.3 Å². The predicted octanol–water partition coefficient (Wildman–Crippen LogP) is -0.214. The zero-order valence-electron chi connectivity index (χ0n) is 11.6. The number of aliphatic hydroxyl groups is 1. The molecule has 0 aliphatic carbocycles. The van der Waals surface area contributed by atoms with Crippen LogP contribution in [0.5, 0.6) is 0 Å². The third kappa shape index (κ3) is 2.46. The van der Waals surface area contributed by atoms with Crippen molar-refractivity contribution in [3.8, 4) is 0 Å². The minimum Gasteiger partial charge on any atom is -0.464 e. The Balaban J connectivity index is 2.56. The number of hydrogen-bond donors (Lipinski definition) is 2. The molecule has 0 radical (unpaired) electrons. The zero-order valence-corrected chi connectivity index (χ0v) is 12.4. The molecule has 1 aromatic rings. The Morgan fingerprint density at radius 2 is 2.25 bits per heavy atom. The Morgan fingerprint density at radius 3 is 2.80 bits per heavy atom. The Bertz CT molecular complexity index is 633. The van der Waals surface area contributed by atoms with Gasteiger partial charge >= 0.3 is 5.97 Å². The lowest BCUT2D eigenvalue weighted by atomic mass is 10.0. The first-order valence-corrected chi connectivity index (χ1v) is 7.73. The van der Waals surface area contributed by atoms with Crippen LogP contribution in [0.4, 0.5) is 0 Å². The van der Waals surface area contributed by atoms with E-state index in [0.717, 1.165) is 0 Å². The first-order chi connectivity index (χ1) is 9.27. The summed E-state index contributed by atoms with van der Waals surface area (Å²) in [5, 5.41) is 9.61. The monoisotopic (exact) mass is 302 g/mol. The van der Waals surface area contributed by atoms with E-state index in [4.69, 9.17) is 4.74 Å². The van der Waals surface area contributed by atoms with E-state index in [-0.39, 0.29) is 10.6 Å². The van der Waals surface area contributed by atoms with Crippen molar-refractivity contribution in [2.75, 3.05) is 7.11 Å². The van der Waals surface area contributed by atoms with Crippen molar-refractivity contribution >= 4 is 16.0 Å². The third-order valence-corrected chi connectivity index (χ3v) is 5.05.